The van der Waals surface area contributed by atoms with Crippen molar-refractivity contribution in [3.8, 4) is 23.3 Å². The van der Waals surface area contributed by atoms with Gasteiger partial charge in [0.1, 0.15) is 0 Å². The predicted molar refractivity (Wildman–Crippen MR) is 66.0 cm³/mol. The van der Waals surface area contributed by atoms with E-state index >= 15 is 0 Å². The highest BCUT2D eigenvalue weighted by atomic mass is 16.7. The van der Waals surface area contributed by atoms with Crippen LogP contribution in [-0.2, 0) is 0 Å². The van der Waals surface area contributed by atoms with Gasteiger partial charge in [0.15, 0.2) is 11.5 Å². The molecular formula is C14H15NO4. The summed E-state index contributed by atoms with van der Waals surface area (Å²) in [5.74, 6) is 1.63. The van der Waals surface area contributed by atoms with E-state index in [1.165, 1.54) is 7.11 Å². The van der Waals surface area contributed by atoms with Gasteiger partial charge in [-0.1, -0.05) is 6.42 Å². The molecule has 1 aliphatic carbocycles. The lowest BCUT2D eigenvalue weighted by molar-refractivity contribution is 0.00773. The Morgan fingerprint density at radius 2 is 2.21 bits per heavy atom. The van der Waals surface area contributed by atoms with E-state index in [-0.39, 0.29) is 6.79 Å². The number of ether oxygens (including phenoxy) is 3. The first kappa shape index (κ1) is 12.1. The van der Waals surface area contributed by atoms with Gasteiger partial charge in [0.25, 0.3) is 0 Å². The van der Waals surface area contributed by atoms with E-state index in [2.05, 4.69) is 6.07 Å². The van der Waals surface area contributed by atoms with Crippen LogP contribution in [0.15, 0.2) is 12.1 Å². The summed E-state index contributed by atoms with van der Waals surface area (Å²) in [5, 5.41) is 19.8. The minimum atomic E-state index is -0.824. The van der Waals surface area contributed by atoms with Gasteiger partial charge in [-0.05, 0) is 30.5 Å². The number of hydrogen-bond acceptors (Lipinski definition) is 5. The maximum Gasteiger partial charge on any atom is 0.231 e. The van der Waals surface area contributed by atoms with Crippen molar-refractivity contribution in [1.29, 1.82) is 5.26 Å². The van der Waals surface area contributed by atoms with Gasteiger partial charge in [-0.3, -0.25) is 0 Å². The molecule has 0 amide bonds. The Bertz CT molecular complexity index is 545. The molecule has 1 aromatic rings. The molecule has 1 N–H and O–H groups in total. The Balaban J connectivity index is 2.00. The molecule has 5 nitrogen and oxygen atoms in total. The van der Waals surface area contributed by atoms with Crippen molar-refractivity contribution >= 4 is 0 Å². The van der Waals surface area contributed by atoms with Crippen LogP contribution in [0.3, 0.4) is 0 Å². The summed E-state index contributed by atoms with van der Waals surface area (Å²) in [4.78, 5) is 0. The van der Waals surface area contributed by atoms with Gasteiger partial charge in [-0.25, -0.2) is 0 Å². The number of benzene rings is 1. The van der Waals surface area contributed by atoms with E-state index in [1.807, 2.05) is 0 Å². The molecule has 0 aromatic heterocycles. The van der Waals surface area contributed by atoms with Crippen LogP contribution in [0, 0.1) is 16.7 Å². The second-order valence-electron chi connectivity index (χ2n) is 4.98. The molecule has 5 heteroatoms. The van der Waals surface area contributed by atoms with E-state index in [9.17, 15) is 10.4 Å². The second kappa shape index (κ2) is 4.32. The SMILES string of the molecule is COc1cc(C(O)C2(C#N)CCC2)cc2c1OCO2. The molecule has 1 unspecified atom stereocenters. The average molecular weight is 261 g/mol. The molecule has 19 heavy (non-hydrogen) atoms. The number of methoxy groups -OCH3 is 1. The predicted octanol–water partition coefficient (Wildman–Crippen LogP) is 2.15. The summed E-state index contributed by atoms with van der Waals surface area (Å²) in [5.41, 5.74) is -0.0269. The molecule has 1 atom stereocenters. The van der Waals surface area contributed by atoms with Crippen LogP contribution in [0.25, 0.3) is 0 Å². The molecule has 2 aliphatic rings. The Morgan fingerprint density at radius 3 is 2.79 bits per heavy atom. The number of aliphatic hydroxyl groups excluding tert-OH is 1. The molecular weight excluding hydrogens is 246 g/mol. The van der Waals surface area contributed by atoms with Crippen LogP contribution >= 0.6 is 0 Å². The smallest absolute Gasteiger partial charge is 0.231 e. The molecule has 3 rings (SSSR count). The van der Waals surface area contributed by atoms with Crippen molar-refractivity contribution in [1.82, 2.24) is 0 Å². The van der Waals surface area contributed by atoms with Crippen molar-refractivity contribution in [3.63, 3.8) is 0 Å². The van der Waals surface area contributed by atoms with Gasteiger partial charge < -0.3 is 19.3 Å². The lowest BCUT2D eigenvalue weighted by Crippen LogP contribution is -2.34. The molecule has 1 fully saturated rings. The summed E-state index contributed by atoms with van der Waals surface area (Å²) < 4.78 is 15.9. The van der Waals surface area contributed by atoms with Gasteiger partial charge in [0.2, 0.25) is 12.5 Å². The molecule has 1 aliphatic heterocycles. The van der Waals surface area contributed by atoms with Crippen LogP contribution in [-0.4, -0.2) is 19.0 Å². The van der Waals surface area contributed by atoms with E-state index in [0.29, 0.717) is 22.8 Å². The van der Waals surface area contributed by atoms with Gasteiger partial charge in [-0.2, -0.15) is 5.26 Å². The first-order chi connectivity index (χ1) is 9.20. The minimum Gasteiger partial charge on any atom is -0.493 e. The third-order valence-electron chi connectivity index (χ3n) is 3.99. The fraction of sp³-hybridized carbons (Fsp3) is 0.500. The average Bonchev–Trinajstić information content (AvgIpc) is 2.84. The Hall–Kier alpha value is -1.93. The van der Waals surface area contributed by atoms with Crippen molar-refractivity contribution < 1.29 is 19.3 Å². The van der Waals surface area contributed by atoms with Gasteiger partial charge in [0.05, 0.1) is 24.7 Å². The third-order valence-corrected chi connectivity index (χ3v) is 3.99. The number of hydrogen-bond donors (Lipinski definition) is 1. The monoisotopic (exact) mass is 261 g/mol. The first-order valence-corrected chi connectivity index (χ1v) is 6.27. The molecule has 100 valence electrons. The highest BCUT2D eigenvalue weighted by molar-refractivity contribution is 5.55. The minimum absolute atomic E-state index is 0.147. The van der Waals surface area contributed by atoms with E-state index < -0.39 is 11.5 Å². The maximum absolute atomic E-state index is 10.5. The normalized spacial score (nSPS) is 20.3. The van der Waals surface area contributed by atoms with E-state index in [1.54, 1.807) is 12.1 Å². The Kier molecular flexibility index (Phi) is 2.76. The molecule has 0 spiro atoms. The third kappa shape index (κ3) is 1.71. The van der Waals surface area contributed by atoms with Crippen molar-refractivity contribution in [2.24, 2.45) is 5.41 Å². The van der Waals surface area contributed by atoms with Crippen LogP contribution in [0.4, 0.5) is 0 Å². The Labute approximate surface area is 111 Å². The summed E-state index contributed by atoms with van der Waals surface area (Å²) in [6, 6.07) is 5.70. The van der Waals surface area contributed by atoms with Crippen LogP contribution in [0.1, 0.15) is 30.9 Å². The summed E-state index contributed by atoms with van der Waals surface area (Å²) in [6.07, 6.45) is 1.60. The standard InChI is InChI=1S/C14H15NO4/c1-17-10-5-9(6-11-12(10)19-8-18-11)13(16)14(7-15)3-2-4-14/h5-6,13,16H,2-4,8H2,1H3. The number of rotatable bonds is 3. The topological polar surface area (TPSA) is 71.7 Å². The molecule has 1 heterocycles. The number of aliphatic hydroxyl groups is 1. The van der Waals surface area contributed by atoms with Crippen LogP contribution < -0.4 is 14.2 Å². The largest absolute Gasteiger partial charge is 0.493 e. The van der Waals surface area contributed by atoms with Crippen molar-refractivity contribution in [3.05, 3.63) is 17.7 Å². The fourth-order valence-corrected chi connectivity index (χ4v) is 2.63. The maximum atomic E-state index is 10.5. The summed E-state index contributed by atoms with van der Waals surface area (Å²) in [6.45, 7) is 0.147. The molecule has 1 saturated carbocycles. The second-order valence-corrected chi connectivity index (χ2v) is 4.98. The number of nitrogens with zero attached hydrogens (tertiary/aromatic N) is 1. The van der Waals surface area contributed by atoms with Gasteiger partial charge in [-0.15, -0.1) is 0 Å². The first-order valence-electron chi connectivity index (χ1n) is 6.27. The lowest BCUT2D eigenvalue weighted by atomic mass is 9.64. The van der Waals surface area contributed by atoms with Crippen LogP contribution in [0.2, 0.25) is 0 Å². The van der Waals surface area contributed by atoms with Crippen molar-refractivity contribution in [2.75, 3.05) is 13.9 Å². The van der Waals surface area contributed by atoms with E-state index in [0.717, 1.165) is 19.3 Å². The zero-order chi connectivity index (χ0) is 13.5. The molecule has 1 aromatic carbocycles. The van der Waals surface area contributed by atoms with Crippen molar-refractivity contribution in [2.45, 2.75) is 25.4 Å². The number of fused-ring (bicyclic) bond motifs is 1. The zero-order valence-corrected chi connectivity index (χ0v) is 10.7. The van der Waals surface area contributed by atoms with Gasteiger partial charge >= 0.3 is 0 Å². The molecule has 0 saturated heterocycles. The Morgan fingerprint density at radius 1 is 1.42 bits per heavy atom. The summed E-state index contributed by atoms with van der Waals surface area (Å²) in [7, 11) is 1.54. The van der Waals surface area contributed by atoms with Crippen LogP contribution in [0.5, 0.6) is 17.2 Å². The quantitative estimate of drug-likeness (QED) is 0.902. The number of nitriles is 1. The highest BCUT2D eigenvalue weighted by Crippen LogP contribution is 2.52. The van der Waals surface area contributed by atoms with Gasteiger partial charge in [0, 0.05) is 0 Å². The molecule has 0 bridgehead atoms. The molecule has 0 radical (unpaired) electrons. The fourth-order valence-electron chi connectivity index (χ4n) is 2.63. The highest BCUT2D eigenvalue weighted by Gasteiger charge is 2.45. The lowest BCUT2D eigenvalue weighted by Gasteiger charge is -2.39. The zero-order valence-electron chi connectivity index (χ0n) is 10.7. The van der Waals surface area contributed by atoms with E-state index in [4.69, 9.17) is 14.2 Å². The summed E-state index contributed by atoms with van der Waals surface area (Å²) >= 11 is 0.